The first-order valence-corrected chi connectivity index (χ1v) is 8.65. The third-order valence-electron chi connectivity index (χ3n) is 4.61. The molecule has 0 spiro atoms. The summed E-state index contributed by atoms with van der Waals surface area (Å²) in [5.41, 5.74) is 6.65. The average molecular weight is 396 g/mol. The summed E-state index contributed by atoms with van der Waals surface area (Å²) in [6.07, 6.45) is 3.54. The average Bonchev–Trinajstić information content (AvgIpc) is 3.25. The Morgan fingerprint density at radius 2 is 2.04 bits per heavy atom. The molecule has 26 heavy (non-hydrogen) atoms. The number of hydrogen-bond donors (Lipinski definition) is 1. The number of nitrogens with zero attached hydrogens (tertiary/aromatic N) is 6. The lowest BCUT2D eigenvalue weighted by Crippen LogP contribution is -2.44. The molecule has 3 aromatic rings. The summed E-state index contributed by atoms with van der Waals surface area (Å²) in [4.78, 5) is 6.00. The van der Waals surface area contributed by atoms with Crippen LogP contribution in [0.2, 0.25) is 5.02 Å². The molecule has 2 N–H and O–H groups in total. The molecule has 1 atom stereocenters. The lowest BCUT2D eigenvalue weighted by molar-refractivity contribution is 0.227. The quantitative estimate of drug-likeness (QED) is 0.706. The molecule has 1 fully saturated rings. The minimum atomic E-state index is -0.454. The van der Waals surface area contributed by atoms with Crippen LogP contribution in [0.4, 0.5) is 0 Å². The zero-order valence-electron chi connectivity index (χ0n) is 14.2. The van der Waals surface area contributed by atoms with Crippen molar-refractivity contribution in [3.05, 3.63) is 41.0 Å². The van der Waals surface area contributed by atoms with E-state index in [1.165, 1.54) is 4.80 Å². The lowest BCUT2D eigenvalue weighted by Gasteiger charge is -2.34. The highest BCUT2D eigenvalue weighted by molar-refractivity contribution is 6.30. The molecule has 1 unspecified atom stereocenters. The van der Waals surface area contributed by atoms with Crippen molar-refractivity contribution in [1.29, 1.82) is 0 Å². The standard InChI is InChI=1S/C16H18ClN7O.ClH/c1-2-12(14-19-15(22-25-14)16(18)8-3-9-16)24-21-13(20-23-24)10-4-6-11(17)7-5-10;/h4-7,12H,2-3,8-9,18H2,1H3;1H. The highest BCUT2D eigenvalue weighted by Crippen LogP contribution is 2.37. The summed E-state index contributed by atoms with van der Waals surface area (Å²) in [7, 11) is 0. The Morgan fingerprint density at radius 3 is 2.65 bits per heavy atom. The molecule has 1 saturated carbocycles. The molecule has 1 aliphatic rings. The third kappa shape index (κ3) is 3.32. The Balaban J connectivity index is 0.00000196. The number of hydrogen-bond acceptors (Lipinski definition) is 7. The minimum absolute atomic E-state index is 0. The third-order valence-corrected chi connectivity index (χ3v) is 4.87. The molecule has 0 radical (unpaired) electrons. The van der Waals surface area contributed by atoms with E-state index in [4.69, 9.17) is 21.9 Å². The summed E-state index contributed by atoms with van der Waals surface area (Å²) in [5.74, 6) is 1.53. The molecule has 0 bridgehead atoms. The van der Waals surface area contributed by atoms with Gasteiger partial charge in [0, 0.05) is 10.6 Å². The van der Waals surface area contributed by atoms with Gasteiger partial charge in [-0.3, -0.25) is 0 Å². The predicted molar refractivity (Wildman–Crippen MR) is 98.0 cm³/mol. The van der Waals surface area contributed by atoms with Gasteiger partial charge in [-0.1, -0.05) is 23.7 Å². The number of tetrazole rings is 1. The van der Waals surface area contributed by atoms with Crippen molar-refractivity contribution in [3.8, 4) is 11.4 Å². The topological polar surface area (TPSA) is 109 Å². The Bertz CT molecular complexity index is 873. The van der Waals surface area contributed by atoms with Crippen molar-refractivity contribution in [3.63, 3.8) is 0 Å². The number of halogens is 2. The molecule has 10 heteroatoms. The van der Waals surface area contributed by atoms with Gasteiger partial charge in [0.2, 0.25) is 5.82 Å². The van der Waals surface area contributed by atoms with Gasteiger partial charge in [0.25, 0.3) is 5.89 Å². The zero-order valence-corrected chi connectivity index (χ0v) is 15.7. The predicted octanol–water partition coefficient (Wildman–Crippen LogP) is 3.14. The van der Waals surface area contributed by atoms with E-state index >= 15 is 0 Å². The smallest absolute Gasteiger partial charge is 0.253 e. The van der Waals surface area contributed by atoms with Crippen LogP contribution >= 0.6 is 24.0 Å². The second kappa shape index (κ2) is 7.30. The molecular formula is C16H19Cl2N7O. The summed E-state index contributed by atoms with van der Waals surface area (Å²) in [5, 5.41) is 17.4. The van der Waals surface area contributed by atoms with Crippen LogP contribution in [0.3, 0.4) is 0 Å². The van der Waals surface area contributed by atoms with Crippen molar-refractivity contribution in [1.82, 2.24) is 30.3 Å². The maximum Gasteiger partial charge on any atom is 0.253 e. The largest absolute Gasteiger partial charge is 0.337 e. The Labute approximate surface area is 161 Å². The molecule has 4 rings (SSSR count). The van der Waals surface area contributed by atoms with E-state index in [0.29, 0.717) is 29.0 Å². The fraction of sp³-hybridized carbons (Fsp3) is 0.438. The lowest BCUT2D eigenvalue weighted by atomic mass is 9.77. The van der Waals surface area contributed by atoms with Crippen LogP contribution in [-0.2, 0) is 5.54 Å². The second-order valence-electron chi connectivity index (χ2n) is 6.33. The van der Waals surface area contributed by atoms with Gasteiger partial charge in [-0.25, -0.2) is 0 Å². The van der Waals surface area contributed by atoms with Crippen LogP contribution in [0.5, 0.6) is 0 Å². The van der Waals surface area contributed by atoms with E-state index < -0.39 is 5.54 Å². The molecular weight excluding hydrogens is 377 g/mol. The number of nitrogens with two attached hydrogens (primary N) is 1. The van der Waals surface area contributed by atoms with Crippen molar-refractivity contribution in [2.75, 3.05) is 0 Å². The van der Waals surface area contributed by atoms with E-state index in [2.05, 4.69) is 25.6 Å². The second-order valence-corrected chi connectivity index (χ2v) is 6.77. The van der Waals surface area contributed by atoms with E-state index in [1.54, 1.807) is 12.1 Å². The number of benzene rings is 1. The van der Waals surface area contributed by atoms with Crippen LogP contribution in [-0.4, -0.2) is 30.3 Å². The van der Waals surface area contributed by atoms with Gasteiger partial charge in [0.1, 0.15) is 0 Å². The monoisotopic (exact) mass is 395 g/mol. The van der Waals surface area contributed by atoms with Crippen molar-refractivity contribution < 1.29 is 4.52 Å². The van der Waals surface area contributed by atoms with Crippen LogP contribution in [0.15, 0.2) is 28.8 Å². The molecule has 1 aromatic carbocycles. The van der Waals surface area contributed by atoms with Crippen LogP contribution in [0.25, 0.3) is 11.4 Å². The fourth-order valence-corrected chi connectivity index (χ4v) is 2.99. The van der Waals surface area contributed by atoms with Crippen molar-refractivity contribution in [2.45, 2.75) is 44.2 Å². The number of aromatic nitrogens is 6. The molecule has 0 aliphatic heterocycles. The Kier molecular flexibility index (Phi) is 5.27. The minimum Gasteiger partial charge on any atom is -0.337 e. The molecule has 138 valence electrons. The van der Waals surface area contributed by atoms with E-state index in [1.807, 2.05) is 19.1 Å². The van der Waals surface area contributed by atoms with Gasteiger partial charge >= 0.3 is 0 Å². The number of rotatable bonds is 5. The van der Waals surface area contributed by atoms with Crippen LogP contribution < -0.4 is 5.73 Å². The van der Waals surface area contributed by atoms with Gasteiger partial charge in [0.15, 0.2) is 11.9 Å². The molecule has 2 heterocycles. The Morgan fingerprint density at radius 1 is 1.31 bits per heavy atom. The summed E-state index contributed by atoms with van der Waals surface area (Å²) in [6, 6.07) is 7.00. The fourth-order valence-electron chi connectivity index (χ4n) is 2.86. The summed E-state index contributed by atoms with van der Waals surface area (Å²) >= 11 is 5.91. The highest BCUT2D eigenvalue weighted by Gasteiger charge is 2.39. The zero-order chi connectivity index (χ0) is 17.4. The highest BCUT2D eigenvalue weighted by atomic mass is 35.5. The normalized spacial score (nSPS) is 16.6. The van der Waals surface area contributed by atoms with E-state index in [9.17, 15) is 0 Å². The van der Waals surface area contributed by atoms with E-state index in [-0.39, 0.29) is 18.4 Å². The first-order chi connectivity index (χ1) is 12.1. The Hall–Kier alpha value is -2.03. The molecule has 2 aromatic heterocycles. The van der Waals surface area contributed by atoms with Gasteiger partial charge in [-0.05, 0) is 55.2 Å². The van der Waals surface area contributed by atoms with Crippen molar-refractivity contribution in [2.24, 2.45) is 5.73 Å². The molecule has 0 amide bonds. The first-order valence-electron chi connectivity index (χ1n) is 8.27. The summed E-state index contributed by atoms with van der Waals surface area (Å²) < 4.78 is 5.44. The van der Waals surface area contributed by atoms with Gasteiger partial charge in [-0.15, -0.1) is 22.6 Å². The maximum atomic E-state index is 6.26. The molecule has 1 aliphatic carbocycles. The van der Waals surface area contributed by atoms with E-state index in [0.717, 1.165) is 24.8 Å². The maximum absolute atomic E-state index is 6.26. The van der Waals surface area contributed by atoms with Crippen LogP contribution in [0, 0.1) is 0 Å². The van der Waals surface area contributed by atoms with Gasteiger partial charge in [-0.2, -0.15) is 9.78 Å². The SMILES string of the molecule is CCC(c1nc(C2(N)CCC2)no1)n1nnc(-c2ccc(Cl)cc2)n1.Cl. The summed E-state index contributed by atoms with van der Waals surface area (Å²) in [6.45, 7) is 2.00. The van der Waals surface area contributed by atoms with Gasteiger partial charge < -0.3 is 10.3 Å². The van der Waals surface area contributed by atoms with Gasteiger partial charge in [0.05, 0.1) is 5.54 Å². The first kappa shape index (κ1) is 18.8. The molecule has 0 saturated heterocycles. The molecule has 8 nitrogen and oxygen atoms in total. The van der Waals surface area contributed by atoms with Crippen LogP contribution in [0.1, 0.15) is 50.4 Å². The van der Waals surface area contributed by atoms with Crippen molar-refractivity contribution >= 4 is 24.0 Å².